The minimum atomic E-state index is -4.99. The molecule has 1 rings (SSSR count). The highest BCUT2D eigenvalue weighted by Crippen LogP contribution is 2.41. The van der Waals surface area contributed by atoms with Crippen LogP contribution in [0.4, 0.5) is 4.39 Å². The molecule has 0 radical (unpaired) electrons. The normalized spacial score (nSPS) is 41.0. The zero-order valence-corrected chi connectivity index (χ0v) is 8.77. The van der Waals surface area contributed by atoms with Gasteiger partial charge < -0.3 is 29.8 Å². The van der Waals surface area contributed by atoms with Gasteiger partial charge in [-0.2, -0.15) is 0 Å². The van der Waals surface area contributed by atoms with E-state index in [1.54, 1.807) is 0 Å². The van der Waals surface area contributed by atoms with Crippen molar-refractivity contribution in [2.45, 2.75) is 30.8 Å². The van der Waals surface area contributed by atoms with E-state index >= 15 is 0 Å². The van der Waals surface area contributed by atoms with Gasteiger partial charge in [-0.05, 0) is 0 Å². The first kappa shape index (κ1) is 13.9. The second-order valence-electron chi connectivity index (χ2n) is 3.25. The first-order valence-electron chi connectivity index (χ1n) is 4.26. The van der Waals surface area contributed by atoms with Gasteiger partial charge in [0.25, 0.3) is 0 Å². The molecule has 10 heteroatoms. The quantitative estimate of drug-likeness (QED) is 0.364. The van der Waals surface area contributed by atoms with Crippen LogP contribution in [0.5, 0.6) is 0 Å². The van der Waals surface area contributed by atoms with Crippen LogP contribution in [0.25, 0.3) is 0 Å². The topological polar surface area (TPSA) is 137 Å². The van der Waals surface area contributed by atoms with Gasteiger partial charge in [-0.25, -0.2) is 8.96 Å². The Kier molecular flexibility index (Phi) is 4.38. The zero-order valence-electron chi connectivity index (χ0n) is 7.88. The van der Waals surface area contributed by atoms with Crippen molar-refractivity contribution in [3.8, 4) is 0 Å². The van der Waals surface area contributed by atoms with Crippen LogP contribution in [0.1, 0.15) is 0 Å². The molecule has 0 aromatic carbocycles. The molecule has 0 spiro atoms. The Morgan fingerprint density at radius 2 is 1.88 bits per heavy atom. The van der Waals surface area contributed by atoms with E-state index < -0.39 is 45.2 Å². The summed E-state index contributed by atoms with van der Waals surface area (Å²) < 4.78 is 32.2. The molecule has 96 valence electrons. The van der Waals surface area contributed by atoms with Crippen molar-refractivity contribution in [2.24, 2.45) is 0 Å². The fraction of sp³-hybridized carbons (Fsp3) is 1.00. The second kappa shape index (κ2) is 5.03. The summed E-state index contributed by atoms with van der Waals surface area (Å²) in [6, 6.07) is 0. The van der Waals surface area contributed by atoms with Gasteiger partial charge in [-0.1, -0.05) is 0 Å². The number of phosphoric acid groups is 1. The predicted octanol–water partition coefficient (Wildman–Crippen LogP) is -2.13. The summed E-state index contributed by atoms with van der Waals surface area (Å²) in [5.41, 5.74) is 0. The van der Waals surface area contributed by atoms with E-state index in [0.29, 0.717) is 0 Å². The predicted molar refractivity (Wildman–Crippen MR) is 45.8 cm³/mol. The Morgan fingerprint density at radius 3 is 2.31 bits per heavy atom. The number of rotatable bonds is 3. The van der Waals surface area contributed by atoms with Gasteiger partial charge in [-0.3, -0.25) is 4.52 Å². The second-order valence-corrected chi connectivity index (χ2v) is 4.44. The number of aliphatic hydroxyl groups excluding tert-OH is 3. The van der Waals surface area contributed by atoms with Gasteiger partial charge in [0, 0.05) is 0 Å². The Balaban J connectivity index is 2.75. The lowest BCUT2D eigenvalue weighted by molar-refractivity contribution is -0.265. The first-order chi connectivity index (χ1) is 7.26. The van der Waals surface area contributed by atoms with Crippen LogP contribution in [0, 0.1) is 0 Å². The Morgan fingerprint density at radius 1 is 1.31 bits per heavy atom. The summed E-state index contributed by atoms with van der Waals surface area (Å²) in [7, 11) is -4.99. The molecule has 0 amide bonds. The van der Waals surface area contributed by atoms with Crippen molar-refractivity contribution in [3.63, 3.8) is 0 Å². The van der Waals surface area contributed by atoms with Crippen LogP contribution >= 0.6 is 7.82 Å². The van der Waals surface area contributed by atoms with Crippen LogP contribution in [0.15, 0.2) is 0 Å². The summed E-state index contributed by atoms with van der Waals surface area (Å²) in [5.74, 6) is 0. The molecule has 0 bridgehead atoms. The average molecular weight is 262 g/mol. The molecule has 1 saturated heterocycles. The molecule has 1 unspecified atom stereocenters. The van der Waals surface area contributed by atoms with E-state index in [-0.39, 0.29) is 0 Å². The van der Waals surface area contributed by atoms with Crippen LogP contribution in [0.2, 0.25) is 0 Å². The maximum absolute atomic E-state index is 13.2. The Bertz CT molecular complexity index is 280. The largest absolute Gasteiger partial charge is 0.472 e. The average Bonchev–Trinajstić information content (AvgIpc) is 2.17. The molecular formula is C6H12FO8P. The monoisotopic (exact) mass is 262 g/mol. The summed E-state index contributed by atoms with van der Waals surface area (Å²) in [6.45, 7) is -0.758. The van der Waals surface area contributed by atoms with Crippen molar-refractivity contribution in [1.82, 2.24) is 0 Å². The van der Waals surface area contributed by atoms with Crippen molar-refractivity contribution in [3.05, 3.63) is 0 Å². The number of hydrogen-bond donors (Lipinski definition) is 5. The van der Waals surface area contributed by atoms with Crippen LogP contribution in [-0.2, 0) is 13.8 Å². The molecule has 8 nitrogen and oxygen atoms in total. The highest BCUT2D eigenvalue weighted by atomic mass is 31.2. The van der Waals surface area contributed by atoms with Gasteiger partial charge in [0.2, 0.25) is 6.29 Å². The molecule has 5 atom stereocenters. The number of aliphatic hydroxyl groups is 3. The maximum atomic E-state index is 13.2. The molecule has 1 heterocycles. The summed E-state index contributed by atoms with van der Waals surface area (Å²) in [6.07, 6.45) is -9.40. The molecule has 0 saturated carbocycles. The fourth-order valence-electron chi connectivity index (χ4n) is 1.27. The smallest absolute Gasteiger partial charge is 0.394 e. The van der Waals surface area contributed by atoms with Crippen LogP contribution in [-0.4, -0.2) is 62.5 Å². The van der Waals surface area contributed by atoms with Gasteiger partial charge in [0.05, 0.1) is 6.61 Å². The lowest BCUT2D eigenvalue weighted by Gasteiger charge is -2.38. The molecule has 0 aromatic heterocycles. The van der Waals surface area contributed by atoms with E-state index in [0.717, 1.165) is 0 Å². The molecule has 0 aliphatic carbocycles. The summed E-state index contributed by atoms with van der Waals surface area (Å²) in [4.78, 5) is 16.9. The minimum absolute atomic E-state index is 0.758. The standard InChI is InChI=1S/C6H12FO8P/c7-3-5(10)4(9)2(1-8)14-6(3)15-16(11,12)13/h2-6,8-10H,1H2,(H2,11,12,13)/t2-,3+,4-,5-,6?/m1/s1. The van der Waals surface area contributed by atoms with Crippen LogP contribution in [0.3, 0.4) is 0 Å². The van der Waals surface area contributed by atoms with Crippen molar-refractivity contribution in [2.75, 3.05) is 6.61 Å². The van der Waals surface area contributed by atoms with E-state index in [4.69, 9.17) is 20.0 Å². The highest BCUT2D eigenvalue weighted by Gasteiger charge is 2.47. The van der Waals surface area contributed by atoms with Gasteiger partial charge in [0.1, 0.15) is 18.3 Å². The minimum Gasteiger partial charge on any atom is -0.394 e. The number of phosphoric ester groups is 1. The SMILES string of the molecule is O=P(O)(O)OC1O[C@H](CO)[C@@H](O)[C@H](O)[C@@H]1F. The third-order valence-corrected chi connectivity index (χ3v) is 2.53. The van der Waals surface area contributed by atoms with Crippen molar-refractivity contribution in [1.29, 1.82) is 0 Å². The molecule has 0 aromatic rings. The third kappa shape index (κ3) is 3.19. The number of alkyl halides is 1. The fourth-order valence-corrected chi connectivity index (χ4v) is 1.70. The van der Waals surface area contributed by atoms with Gasteiger partial charge in [0.15, 0.2) is 6.17 Å². The summed E-state index contributed by atoms with van der Waals surface area (Å²) in [5, 5.41) is 27.1. The molecule has 1 aliphatic heterocycles. The lowest BCUT2D eigenvalue weighted by Crippen LogP contribution is -2.57. The number of halogens is 1. The highest BCUT2D eigenvalue weighted by molar-refractivity contribution is 7.46. The molecule has 5 N–H and O–H groups in total. The molecular weight excluding hydrogens is 250 g/mol. The van der Waals surface area contributed by atoms with E-state index in [2.05, 4.69) is 9.26 Å². The zero-order chi connectivity index (χ0) is 12.5. The summed E-state index contributed by atoms with van der Waals surface area (Å²) >= 11 is 0. The number of ether oxygens (including phenoxy) is 1. The third-order valence-electron chi connectivity index (χ3n) is 2.05. The molecule has 1 fully saturated rings. The van der Waals surface area contributed by atoms with Crippen LogP contribution < -0.4 is 0 Å². The molecule has 1 aliphatic rings. The Hall–Kier alpha value is -0.120. The van der Waals surface area contributed by atoms with E-state index in [1.165, 1.54) is 0 Å². The van der Waals surface area contributed by atoms with E-state index in [1.807, 2.05) is 0 Å². The van der Waals surface area contributed by atoms with Gasteiger partial charge >= 0.3 is 7.82 Å². The van der Waals surface area contributed by atoms with Crippen molar-refractivity contribution >= 4 is 7.82 Å². The first-order valence-corrected chi connectivity index (χ1v) is 5.79. The number of hydrogen-bond acceptors (Lipinski definition) is 6. The lowest BCUT2D eigenvalue weighted by atomic mass is 10.0. The van der Waals surface area contributed by atoms with Crippen molar-refractivity contribution < 1.29 is 43.3 Å². The van der Waals surface area contributed by atoms with Gasteiger partial charge in [-0.15, -0.1) is 0 Å². The Labute approximate surface area is 89.5 Å². The van der Waals surface area contributed by atoms with E-state index in [9.17, 15) is 14.1 Å². The molecule has 16 heavy (non-hydrogen) atoms. The maximum Gasteiger partial charge on any atom is 0.472 e.